The molecule has 1 aliphatic heterocycles. The van der Waals surface area contributed by atoms with E-state index in [2.05, 4.69) is 20.8 Å². The summed E-state index contributed by atoms with van der Waals surface area (Å²) in [7, 11) is -1.89. The summed E-state index contributed by atoms with van der Waals surface area (Å²) < 4.78 is 17.9. The van der Waals surface area contributed by atoms with Gasteiger partial charge in [-0.2, -0.15) is 0 Å². The largest absolute Gasteiger partial charge is 0.459 e. The molecule has 1 saturated heterocycles. The highest BCUT2D eigenvalue weighted by atomic mass is 28.4. The molecule has 0 N–H and O–H groups in total. The van der Waals surface area contributed by atoms with Crippen molar-refractivity contribution in [1.82, 2.24) is 4.90 Å². The minimum Gasteiger partial charge on any atom is -0.459 e. The zero-order chi connectivity index (χ0) is 23.3. The van der Waals surface area contributed by atoms with Gasteiger partial charge in [0.1, 0.15) is 17.7 Å². The second-order valence-corrected chi connectivity index (χ2v) is 14.3. The molecule has 0 bridgehead atoms. The summed E-state index contributed by atoms with van der Waals surface area (Å²) in [6.07, 6.45) is -0.294. The normalized spacial score (nSPS) is 21.8. The van der Waals surface area contributed by atoms with E-state index in [4.69, 9.17) is 13.9 Å². The number of likely N-dealkylation sites (tertiary alicyclic amines) is 1. The van der Waals surface area contributed by atoms with Crippen LogP contribution < -0.4 is 0 Å². The highest BCUT2D eigenvalue weighted by molar-refractivity contribution is 6.73. The van der Waals surface area contributed by atoms with Crippen LogP contribution in [0.1, 0.15) is 60.5 Å². The van der Waals surface area contributed by atoms with Gasteiger partial charge in [-0.1, -0.05) is 51.1 Å². The second-order valence-electron chi connectivity index (χ2n) is 9.61. The van der Waals surface area contributed by atoms with Gasteiger partial charge in [-0.3, -0.25) is 4.90 Å². The van der Waals surface area contributed by atoms with Crippen LogP contribution in [0.3, 0.4) is 0 Å². The van der Waals surface area contributed by atoms with Crippen LogP contribution in [0.2, 0.25) is 18.1 Å². The maximum Gasteiger partial charge on any atom is 0.411 e. The number of carbonyl (C=O) groups is 2. The van der Waals surface area contributed by atoms with E-state index in [9.17, 15) is 9.59 Å². The maximum atomic E-state index is 13.2. The first-order valence-corrected chi connectivity index (χ1v) is 13.9. The standard InChI is InChI=1S/C24H39NO5Si/c1-8-31(9-2,10-3)30-20-16-24(7,25(17-20)22(27)29-23(4,5)6)21(26)28-18-19-14-12-11-13-15-19/h11-15,20H,8-10,16-18H2,1-7H3/t20-,24-/m1/s1. The van der Waals surface area contributed by atoms with Crippen LogP contribution in [0.4, 0.5) is 4.79 Å². The van der Waals surface area contributed by atoms with Crippen molar-refractivity contribution in [2.45, 2.75) is 96.9 Å². The van der Waals surface area contributed by atoms with Crippen molar-refractivity contribution in [1.29, 1.82) is 0 Å². The van der Waals surface area contributed by atoms with Crippen molar-refractivity contribution in [3.8, 4) is 0 Å². The predicted octanol–water partition coefficient (Wildman–Crippen LogP) is 5.52. The minimum atomic E-state index is -1.89. The van der Waals surface area contributed by atoms with E-state index in [1.54, 1.807) is 6.92 Å². The van der Waals surface area contributed by atoms with E-state index in [-0.39, 0.29) is 12.7 Å². The van der Waals surface area contributed by atoms with Gasteiger partial charge < -0.3 is 13.9 Å². The molecule has 1 amide bonds. The van der Waals surface area contributed by atoms with E-state index in [1.807, 2.05) is 51.1 Å². The Kier molecular flexibility index (Phi) is 8.33. The van der Waals surface area contributed by atoms with Crippen molar-refractivity contribution >= 4 is 20.4 Å². The lowest BCUT2D eigenvalue weighted by atomic mass is 9.98. The van der Waals surface area contributed by atoms with Crippen LogP contribution in [0.15, 0.2) is 30.3 Å². The fourth-order valence-electron chi connectivity index (χ4n) is 4.12. The molecule has 2 rings (SSSR count). The topological polar surface area (TPSA) is 65.1 Å². The van der Waals surface area contributed by atoms with Gasteiger partial charge in [0.25, 0.3) is 0 Å². The Morgan fingerprint density at radius 2 is 1.68 bits per heavy atom. The summed E-state index contributed by atoms with van der Waals surface area (Å²) in [5.74, 6) is -0.426. The van der Waals surface area contributed by atoms with Gasteiger partial charge in [-0.05, 0) is 51.4 Å². The van der Waals surface area contributed by atoms with Crippen LogP contribution in [-0.2, 0) is 25.3 Å². The number of esters is 1. The van der Waals surface area contributed by atoms with E-state index < -0.39 is 31.5 Å². The summed E-state index contributed by atoms with van der Waals surface area (Å²) >= 11 is 0. The molecule has 0 aliphatic carbocycles. The monoisotopic (exact) mass is 449 g/mol. The third-order valence-electron chi connectivity index (χ3n) is 6.22. The maximum absolute atomic E-state index is 13.2. The Morgan fingerprint density at radius 3 is 2.19 bits per heavy atom. The number of hydrogen-bond acceptors (Lipinski definition) is 5. The summed E-state index contributed by atoms with van der Waals surface area (Å²) in [6.45, 7) is 14.3. The van der Waals surface area contributed by atoms with Gasteiger partial charge in [-0.15, -0.1) is 0 Å². The number of nitrogens with zero attached hydrogens (tertiary/aromatic N) is 1. The van der Waals surface area contributed by atoms with Gasteiger partial charge in [0.15, 0.2) is 8.32 Å². The molecule has 0 saturated carbocycles. The summed E-state index contributed by atoms with van der Waals surface area (Å²) in [5, 5.41) is 0. The number of carbonyl (C=O) groups excluding carboxylic acids is 2. The highest BCUT2D eigenvalue weighted by Gasteiger charge is 2.54. The Hall–Kier alpha value is -1.86. The first-order valence-electron chi connectivity index (χ1n) is 11.4. The van der Waals surface area contributed by atoms with Crippen LogP contribution in [0.5, 0.6) is 0 Å². The Labute approximate surface area is 188 Å². The van der Waals surface area contributed by atoms with E-state index in [0.717, 1.165) is 23.7 Å². The van der Waals surface area contributed by atoms with Crippen LogP contribution in [0, 0.1) is 0 Å². The molecule has 1 aromatic carbocycles. The van der Waals surface area contributed by atoms with Crippen molar-refractivity contribution in [2.24, 2.45) is 0 Å². The lowest BCUT2D eigenvalue weighted by Crippen LogP contribution is -2.52. The quantitative estimate of drug-likeness (QED) is 0.386. The van der Waals surface area contributed by atoms with E-state index in [1.165, 1.54) is 4.90 Å². The minimum absolute atomic E-state index is 0.167. The molecule has 0 unspecified atom stereocenters. The number of hydrogen-bond donors (Lipinski definition) is 0. The predicted molar refractivity (Wildman–Crippen MR) is 124 cm³/mol. The van der Waals surface area contributed by atoms with E-state index >= 15 is 0 Å². The van der Waals surface area contributed by atoms with Crippen LogP contribution >= 0.6 is 0 Å². The van der Waals surface area contributed by atoms with Gasteiger partial charge in [0.05, 0.1) is 12.6 Å². The molecule has 1 fully saturated rings. The van der Waals surface area contributed by atoms with E-state index in [0.29, 0.717) is 13.0 Å². The molecule has 7 heteroatoms. The number of rotatable bonds is 8. The summed E-state index contributed by atoms with van der Waals surface area (Å²) in [5.41, 5.74) is -0.875. The first-order chi connectivity index (χ1) is 14.5. The molecule has 1 aliphatic rings. The molecule has 2 atom stereocenters. The SMILES string of the molecule is CC[Si](CC)(CC)O[C@H]1CN(C(=O)OC(C)(C)C)[C@@](C)(C(=O)OCc2ccccc2)C1. The van der Waals surface area contributed by atoms with Crippen LogP contribution in [-0.4, -0.2) is 49.1 Å². The average molecular weight is 450 g/mol. The molecule has 0 radical (unpaired) electrons. The van der Waals surface area contributed by atoms with Crippen LogP contribution in [0.25, 0.3) is 0 Å². The average Bonchev–Trinajstić information content (AvgIpc) is 3.07. The second kappa shape index (κ2) is 10.2. The molecule has 174 valence electrons. The van der Waals surface area contributed by atoms with Gasteiger partial charge in [0, 0.05) is 6.42 Å². The number of benzene rings is 1. The van der Waals surface area contributed by atoms with Gasteiger partial charge in [0.2, 0.25) is 0 Å². The Bertz CT molecular complexity index is 736. The molecule has 1 aromatic rings. The Balaban J connectivity index is 2.23. The van der Waals surface area contributed by atoms with Crippen molar-refractivity contribution < 1.29 is 23.5 Å². The molecule has 6 nitrogen and oxygen atoms in total. The van der Waals surface area contributed by atoms with Gasteiger partial charge >= 0.3 is 12.1 Å². The third-order valence-corrected chi connectivity index (χ3v) is 10.9. The Morgan fingerprint density at radius 1 is 1.10 bits per heavy atom. The van der Waals surface area contributed by atoms with Crippen molar-refractivity contribution in [3.63, 3.8) is 0 Å². The smallest absolute Gasteiger partial charge is 0.411 e. The molecule has 0 aromatic heterocycles. The van der Waals surface area contributed by atoms with Crippen molar-refractivity contribution in [2.75, 3.05) is 6.54 Å². The summed E-state index contributed by atoms with van der Waals surface area (Å²) in [4.78, 5) is 27.8. The number of ether oxygens (including phenoxy) is 2. The van der Waals surface area contributed by atoms with Gasteiger partial charge in [-0.25, -0.2) is 9.59 Å². The zero-order valence-electron chi connectivity index (χ0n) is 20.2. The summed E-state index contributed by atoms with van der Waals surface area (Å²) in [6, 6.07) is 12.6. The highest BCUT2D eigenvalue weighted by Crippen LogP contribution is 2.37. The molecular formula is C24H39NO5Si. The third kappa shape index (κ3) is 6.32. The molecule has 31 heavy (non-hydrogen) atoms. The fraction of sp³-hybridized carbons (Fsp3) is 0.667. The van der Waals surface area contributed by atoms with Crippen molar-refractivity contribution in [3.05, 3.63) is 35.9 Å². The first kappa shape index (κ1) is 25.4. The molecular weight excluding hydrogens is 410 g/mol. The lowest BCUT2D eigenvalue weighted by Gasteiger charge is -2.34. The lowest BCUT2D eigenvalue weighted by molar-refractivity contribution is -0.156. The molecule has 1 heterocycles. The number of amides is 1. The molecule has 0 spiro atoms. The fourth-order valence-corrected chi connectivity index (χ4v) is 6.99. The zero-order valence-corrected chi connectivity index (χ0v) is 21.2.